The van der Waals surface area contributed by atoms with Crippen LogP contribution in [-0.4, -0.2) is 17.0 Å². The lowest BCUT2D eigenvalue weighted by Crippen LogP contribution is -2.38. The van der Waals surface area contributed by atoms with Gasteiger partial charge in [-0.3, -0.25) is 9.59 Å². The van der Waals surface area contributed by atoms with Gasteiger partial charge in [-0.15, -0.1) is 0 Å². The van der Waals surface area contributed by atoms with E-state index in [2.05, 4.69) is 5.32 Å². The quantitative estimate of drug-likeness (QED) is 0.838. The topological polar surface area (TPSA) is 66.4 Å². The second-order valence-electron chi connectivity index (χ2n) is 5.88. The molecular formula is C19H19F2NO3. The van der Waals surface area contributed by atoms with Crippen LogP contribution in [0.25, 0.3) is 0 Å². The average molecular weight is 347 g/mol. The van der Waals surface area contributed by atoms with Gasteiger partial charge in [-0.05, 0) is 31.5 Å². The number of rotatable bonds is 6. The Balaban J connectivity index is 2.29. The van der Waals surface area contributed by atoms with Gasteiger partial charge in [0.1, 0.15) is 11.6 Å². The highest BCUT2D eigenvalue weighted by Gasteiger charge is 2.30. The van der Waals surface area contributed by atoms with Crippen LogP contribution in [-0.2, 0) is 9.59 Å². The molecule has 0 spiro atoms. The van der Waals surface area contributed by atoms with Gasteiger partial charge >= 0.3 is 5.97 Å². The predicted octanol–water partition coefficient (Wildman–Crippen LogP) is 3.65. The van der Waals surface area contributed by atoms with Gasteiger partial charge in [0.25, 0.3) is 0 Å². The van der Waals surface area contributed by atoms with E-state index >= 15 is 0 Å². The van der Waals surface area contributed by atoms with Crippen molar-refractivity contribution >= 4 is 11.9 Å². The van der Waals surface area contributed by atoms with Gasteiger partial charge in [-0.25, -0.2) is 8.78 Å². The fraction of sp³-hybridized carbons (Fsp3) is 0.263. The van der Waals surface area contributed by atoms with Crippen molar-refractivity contribution in [2.45, 2.75) is 25.8 Å². The maximum absolute atomic E-state index is 13.9. The first-order valence-corrected chi connectivity index (χ1v) is 7.85. The largest absolute Gasteiger partial charge is 0.481 e. The van der Waals surface area contributed by atoms with Crippen LogP contribution in [0, 0.1) is 17.6 Å². The first-order chi connectivity index (χ1) is 11.8. The number of carboxylic acid groups (broad SMARTS) is 1. The van der Waals surface area contributed by atoms with E-state index in [1.807, 2.05) is 0 Å². The third-order valence-corrected chi connectivity index (χ3v) is 4.17. The van der Waals surface area contributed by atoms with Gasteiger partial charge in [0.2, 0.25) is 5.91 Å². The van der Waals surface area contributed by atoms with E-state index in [0.29, 0.717) is 5.56 Å². The summed E-state index contributed by atoms with van der Waals surface area (Å²) < 4.78 is 27.8. The normalized spacial score (nSPS) is 14.4. The van der Waals surface area contributed by atoms with E-state index in [4.69, 9.17) is 0 Å². The molecule has 0 heterocycles. The number of carboxylic acids is 1. The molecule has 25 heavy (non-hydrogen) atoms. The molecule has 2 rings (SSSR count). The Bertz CT molecular complexity index is 744. The molecule has 2 N–H and O–H groups in total. The molecule has 4 nitrogen and oxygen atoms in total. The van der Waals surface area contributed by atoms with Crippen molar-refractivity contribution in [3.63, 3.8) is 0 Å². The van der Waals surface area contributed by atoms with Crippen LogP contribution < -0.4 is 5.32 Å². The number of halogens is 2. The summed E-state index contributed by atoms with van der Waals surface area (Å²) in [6.07, 6.45) is 0. The van der Waals surface area contributed by atoms with Crippen molar-refractivity contribution in [3.8, 4) is 0 Å². The summed E-state index contributed by atoms with van der Waals surface area (Å²) in [6, 6.07) is 11.2. The highest BCUT2D eigenvalue weighted by molar-refractivity contribution is 5.84. The van der Waals surface area contributed by atoms with Gasteiger partial charge in [0, 0.05) is 5.56 Å². The van der Waals surface area contributed by atoms with Crippen molar-refractivity contribution < 1.29 is 23.5 Å². The highest BCUT2D eigenvalue weighted by atomic mass is 19.1. The summed E-state index contributed by atoms with van der Waals surface area (Å²) in [5, 5.41) is 11.9. The van der Waals surface area contributed by atoms with E-state index < -0.39 is 41.4 Å². The molecule has 132 valence electrons. The molecule has 0 aromatic heterocycles. The third kappa shape index (κ3) is 4.21. The van der Waals surface area contributed by atoms with E-state index in [-0.39, 0.29) is 5.56 Å². The summed E-state index contributed by atoms with van der Waals surface area (Å²) in [5.74, 6) is -5.38. The molecule has 0 aliphatic heterocycles. The Labute approximate surface area is 144 Å². The van der Waals surface area contributed by atoms with Crippen molar-refractivity contribution in [2.24, 2.45) is 5.92 Å². The van der Waals surface area contributed by atoms with E-state index in [1.165, 1.54) is 19.9 Å². The third-order valence-electron chi connectivity index (χ3n) is 4.17. The Morgan fingerprint density at radius 2 is 1.52 bits per heavy atom. The van der Waals surface area contributed by atoms with Crippen LogP contribution in [0.5, 0.6) is 0 Å². The lowest BCUT2D eigenvalue weighted by Gasteiger charge is -2.25. The molecule has 0 aliphatic carbocycles. The molecule has 2 aromatic rings. The molecule has 0 fully saturated rings. The predicted molar refractivity (Wildman–Crippen MR) is 88.9 cm³/mol. The Hall–Kier alpha value is -2.76. The molecule has 0 saturated heterocycles. The lowest BCUT2D eigenvalue weighted by atomic mass is 9.92. The zero-order valence-corrected chi connectivity index (χ0v) is 13.9. The van der Waals surface area contributed by atoms with Gasteiger partial charge < -0.3 is 10.4 Å². The Kier molecular flexibility index (Phi) is 5.85. The maximum Gasteiger partial charge on any atom is 0.308 e. The number of carbonyl (C=O) groups excluding carboxylic acids is 1. The average Bonchev–Trinajstić information content (AvgIpc) is 2.59. The minimum absolute atomic E-state index is 0.338. The fourth-order valence-electron chi connectivity index (χ4n) is 2.63. The molecule has 6 heteroatoms. The minimum atomic E-state index is -1.10. The lowest BCUT2D eigenvalue weighted by molar-refractivity contribution is -0.142. The molecule has 0 bridgehead atoms. The number of aliphatic carboxylic acids is 1. The fourth-order valence-corrected chi connectivity index (χ4v) is 2.63. The maximum atomic E-state index is 13.9. The monoisotopic (exact) mass is 347 g/mol. The number of nitrogens with one attached hydrogen (secondary N) is 1. The summed E-state index contributed by atoms with van der Waals surface area (Å²) in [5.41, 5.74) is 0.266. The van der Waals surface area contributed by atoms with Gasteiger partial charge in [0.15, 0.2) is 0 Å². The first kappa shape index (κ1) is 18.6. The standard InChI is InChI=1S/C19H19F2NO3/c1-11(16-14(20)9-6-10-15(16)21)18(23)22-17(12(2)19(24)25)13-7-4-3-5-8-13/h3-12,17H,1-2H3,(H,22,23)(H,24,25). The number of hydrogen-bond donors (Lipinski definition) is 2. The summed E-state index contributed by atoms with van der Waals surface area (Å²) in [6.45, 7) is 2.85. The highest BCUT2D eigenvalue weighted by Crippen LogP contribution is 2.26. The number of hydrogen-bond acceptors (Lipinski definition) is 2. The van der Waals surface area contributed by atoms with E-state index in [9.17, 15) is 23.5 Å². The van der Waals surface area contributed by atoms with Gasteiger partial charge in [0.05, 0.1) is 17.9 Å². The molecule has 3 unspecified atom stereocenters. The Morgan fingerprint density at radius 1 is 0.960 bits per heavy atom. The van der Waals surface area contributed by atoms with Crippen molar-refractivity contribution in [1.29, 1.82) is 0 Å². The molecule has 3 atom stereocenters. The van der Waals surface area contributed by atoms with Crippen molar-refractivity contribution in [2.75, 3.05) is 0 Å². The van der Waals surface area contributed by atoms with Crippen molar-refractivity contribution in [1.82, 2.24) is 5.32 Å². The van der Waals surface area contributed by atoms with Crippen molar-refractivity contribution in [3.05, 3.63) is 71.3 Å². The second-order valence-corrected chi connectivity index (χ2v) is 5.88. The molecule has 1 amide bonds. The number of benzene rings is 2. The summed E-state index contributed by atoms with van der Waals surface area (Å²) >= 11 is 0. The van der Waals surface area contributed by atoms with Crippen LogP contribution in [0.15, 0.2) is 48.5 Å². The second kappa shape index (κ2) is 7.88. The summed E-state index contributed by atoms with van der Waals surface area (Å²) in [4.78, 5) is 23.9. The SMILES string of the molecule is CC(C(=O)NC(c1ccccc1)C(C)C(=O)O)c1c(F)cccc1F. The van der Waals surface area contributed by atoms with Crippen LogP contribution in [0.3, 0.4) is 0 Å². The molecule has 2 aromatic carbocycles. The summed E-state index contributed by atoms with van der Waals surface area (Å²) in [7, 11) is 0. The van der Waals surface area contributed by atoms with Gasteiger partial charge in [-0.1, -0.05) is 36.4 Å². The van der Waals surface area contributed by atoms with Crippen LogP contribution in [0.4, 0.5) is 8.78 Å². The van der Waals surface area contributed by atoms with Crippen LogP contribution in [0.2, 0.25) is 0 Å². The first-order valence-electron chi connectivity index (χ1n) is 7.85. The smallest absolute Gasteiger partial charge is 0.308 e. The zero-order valence-electron chi connectivity index (χ0n) is 13.9. The molecule has 0 saturated carbocycles. The molecule has 0 aliphatic rings. The molecule has 0 radical (unpaired) electrons. The number of amides is 1. The van der Waals surface area contributed by atoms with Gasteiger partial charge in [-0.2, -0.15) is 0 Å². The van der Waals surface area contributed by atoms with E-state index in [1.54, 1.807) is 30.3 Å². The molecular weight excluding hydrogens is 328 g/mol. The minimum Gasteiger partial charge on any atom is -0.481 e. The number of carbonyl (C=O) groups is 2. The Morgan fingerprint density at radius 3 is 2.04 bits per heavy atom. The van der Waals surface area contributed by atoms with E-state index in [0.717, 1.165) is 12.1 Å². The zero-order chi connectivity index (χ0) is 18.6. The van der Waals surface area contributed by atoms with Crippen LogP contribution in [0.1, 0.15) is 36.9 Å². The van der Waals surface area contributed by atoms with Crippen LogP contribution >= 0.6 is 0 Å².